The van der Waals surface area contributed by atoms with Crippen LogP contribution in [0.2, 0.25) is 0 Å². The highest BCUT2D eigenvalue weighted by atomic mass is 19.1. The molecule has 5 heteroatoms. The predicted octanol–water partition coefficient (Wildman–Crippen LogP) is 2.82. The molecular formula is C13H17FN2O2. The summed E-state index contributed by atoms with van der Waals surface area (Å²) in [6, 6.07) is 4.23. The Labute approximate surface area is 106 Å². The minimum atomic E-state index is -0.541. The lowest BCUT2D eigenvalue weighted by atomic mass is 10.1. The van der Waals surface area contributed by atoms with Gasteiger partial charge in [0.05, 0.1) is 6.04 Å². The molecule has 4 nitrogen and oxygen atoms in total. The van der Waals surface area contributed by atoms with Crippen LogP contribution in [-0.2, 0) is 4.74 Å². The van der Waals surface area contributed by atoms with Crippen molar-refractivity contribution in [3.8, 4) is 0 Å². The van der Waals surface area contributed by atoms with Gasteiger partial charge in [-0.3, -0.25) is 0 Å². The van der Waals surface area contributed by atoms with Gasteiger partial charge in [0.2, 0.25) is 0 Å². The standard InChI is InChI=1S/C13H17FN2O2/c1-13(2,3)18-12(17)16-11-7-15-10-5-4-8(14)6-9(10)11/h4-6,11,15H,7H2,1-3H3,(H,16,17). The van der Waals surface area contributed by atoms with E-state index in [4.69, 9.17) is 4.74 Å². The van der Waals surface area contributed by atoms with Crippen LogP contribution in [0.3, 0.4) is 0 Å². The number of amides is 1. The molecule has 2 N–H and O–H groups in total. The number of carbonyl (C=O) groups excluding carboxylic acids is 1. The van der Waals surface area contributed by atoms with Crippen molar-refractivity contribution in [1.82, 2.24) is 5.32 Å². The molecule has 0 bridgehead atoms. The topological polar surface area (TPSA) is 50.4 Å². The summed E-state index contributed by atoms with van der Waals surface area (Å²) in [4.78, 5) is 11.7. The van der Waals surface area contributed by atoms with Crippen LogP contribution in [0.1, 0.15) is 32.4 Å². The summed E-state index contributed by atoms with van der Waals surface area (Å²) in [5, 5.41) is 5.84. The molecule has 1 aromatic carbocycles. The highest BCUT2D eigenvalue weighted by Gasteiger charge is 2.26. The van der Waals surface area contributed by atoms with E-state index in [-0.39, 0.29) is 11.9 Å². The van der Waals surface area contributed by atoms with Crippen molar-refractivity contribution in [2.24, 2.45) is 0 Å². The van der Waals surface area contributed by atoms with Gasteiger partial charge in [-0.25, -0.2) is 9.18 Å². The normalized spacial score (nSPS) is 17.9. The lowest BCUT2D eigenvalue weighted by Crippen LogP contribution is -2.35. The predicted molar refractivity (Wildman–Crippen MR) is 67.0 cm³/mol. The van der Waals surface area contributed by atoms with Crippen LogP contribution in [0, 0.1) is 5.82 Å². The fourth-order valence-corrected chi connectivity index (χ4v) is 1.88. The maximum atomic E-state index is 13.2. The molecule has 2 rings (SSSR count). The number of fused-ring (bicyclic) bond motifs is 1. The number of hydrogen-bond acceptors (Lipinski definition) is 3. The second-order valence-corrected chi connectivity index (χ2v) is 5.31. The van der Waals surface area contributed by atoms with Crippen LogP contribution in [0.15, 0.2) is 18.2 Å². The second kappa shape index (κ2) is 4.48. The van der Waals surface area contributed by atoms with Crippen molar-refractivity contribution < 1.29 is 13.9 Å². The van der Waals surface area contributed by atoms with Crippen molar-refractivity contribution >= 4 is 11.8 Å². The van der Waals surface area contributed by atoms with E-state index in [1.807, 2.05) is 0 Å². The van der Waals surface area contributed by atoms with Crippen molar-refractivity contribution in [1.29, 1.82) is 0 Å². The summed E-state index contributed by atoms with van der Waals surface area (Å²) in [5.74, 6) is -0.312. The van der Waals surface area contributed by atoms with Crippen molar-refractivity contribution in [3.63, 3.8) is 0 Å². The van der Waals surface area contributed by atoms with E-state index in [9.17, 15) is 9.18 Å². The van der Waals surface area contributed by atoms with E-state index >= 15 is 0 Å². The first-order valence-corrected chi connectivity index (χ1v) is 5.88. The fourth-order valence-electron chi connectivity index (χ4n) is 1.88. The minimum absolute atomic E-state index is 0.259. The largest absolute Gasteiger partial charge is 0.444 e. The third-order valence-electron chi connectivity index (χ3n) is 2.58. The van der Waals surface area contributed by atoms with Gasteiger partial charge in [-0.05, 0) is 39.0 Å². The van der Waals surface area contributed by atoms with Crippen molar-refractivity contribution in [2.75, 3.05) is 11.9 Å². The summed E-state index contributed by atoms with van der Waals surface area (Å²) in [6.07, 6.45) is -0.494. The molecule has 0 radical (unpaired) electrons. The molecule has 1 aliphatic rings. The first-order chi connectivity index (χ1) is 8.35. The zero-order valence-corrected chi connectivity index (χ0v) is 10.7. The monoisotopic (exact) mass is 252 g/mol. The number of nitrogens with one attached hydrogen (secondary N) is 2. The lowest BCUT2D eigenvalue weighted by molar-refractivity contribution is 0.0508. The molecule has 1 heterocycles. The van der Waals surface area contributed by atoms with Crippen LogP contribution in [-0.4, -0.2) is 18.2 Å². The molecule has 1 aliphatic heterocycles. The molecule has 1 atom stereocenters. The Morgan fingerprint density at radius 2 is 2.22 bits per heavy atom. The number of alkyl carbamates (subject to hydrolysis) is 1. The van der Waals surface area contributed by atoms with E-state index in [1.54, 1.807) is 26.8 Å². The van der Waals surface area contributed by atoms with Gasteiger partial charge in [0, 0.05) is 17.8 Å². The zero-order valence-electron chi connectivity index (χ0n) is 10.7. The van der Waals surface area contributed by atoms with Crippen LogP contribution < -0.4 is 10.6 Å². The van der Waals surface area contributed by atoms with Gasteiger partial charge in [-0.2, -0.15) is 0 Å². The van der Waals surface area contributed by atoms with Gasteiger partial charge in [-0.15, -0.1) is 0 Å². The molecule has 0 aromatic heterocycles. The Morgan fingerprint density at radius 1 is 1.50 bits per heavy atom. The highest BCUT2D eigenvalue weighted by Crippen LogP contribution is 2.30. The minimum Gasteiger partial charge on any atom is -0.444 e. The van der Waals surface area contributed by atoms with Crippen molar-refractivity contribution in [2.45, 2.75) is 32.4 Å². The summed E-state index contributed by atoms with van der Waals surface area (Å²) in [6.45, 7) is 5.94. The molecule has 0 spiro atoms. The van der Waals surface area contributed by atoms with Crippen LogP contribution in [0.5, 0.6) is 0 Å². The lowest BCUT2D eigenvalue weighted by Gasteiger charge is -2.21. The molecule has 0 saturated heterocycles. The average molecular weight is 252 g/mol. The number of carbonyl (C=O) groups is 1. The Balaban J connectivity index is 2.06. The quantitative estimate of drug-likeness (QED) is 0.808. The number of anilines is 1. The SMILES string of the molecule is CC(C)(C)OC(=O)NC1CNc2ccc(F)cc21. The maximum Gasteiger partial charge on any atom is 0.408 e. The Kier molecular flexibility index (Phi) is 3.15. The molecule has 0 fully saturated rings. The van der Waals surface area contributed by atoms with Gasteiger partial charge >= 0.3 is 6.09 Å². The van der Waals surface area contributed by atoms with Gasteiger partial charge < -0.3 is 15.4 Å². The highest BCUT2D eigenvalue weighted by molar-refractivity contribution is 5.70. The molecule has 0 aliphatic carbocycles. The molecule has 18 heavy (non-hydrogen) atoms. The van der Waals surface area contributed by atoms with Crippen LogP contribution >= 0.6 is 0 Å². The van der Waals surface area contributed by atoms with E-state index in [0.717, 1.165) is 11.3 Å². The van der Waals surface area contributed by atoms with E-state index in [0.29, 0.717) is 6.54 Å². The molecule has 1 unspecified atom stereocenters. The van der Waals surface area contributed by atoms with Crippen molar-refractivity contribution in [3.05, 3.63) is 29.6 Å². The number of rotatable bonds is 1. The van der Waals surface area contributed by atoms with Gasteiger partial charge in [0.15, 0.2) is 0 Å². The summed E-state index contributed by atoms with van der Waals surface area (Å²) in [7, 11) is 0. The third-order valence-corrected chi connectivity index (χ3v) is 2.58. The summed E-state index contributed by atoms with van der Waals surface area (Å²) >= 11 is 0. The van der Waals surface area contributed by atoms with Crippen LogP contribution in [0.4, 0.5) is 14.9 Å². The molecule has 1 amide bonds. The maximum absolute atomic E-state index is 13.2. The molecule has 1 aromatic rings. The Morgan fingerprint density at radius 3 is 2.89 bits per heavy atom. The van der Waals surface area contributed by atoms with Gasteiger partial charge in [0.25, 0.3) is 0 Å². The smallest absolute Gasteiger partial charge is 0.408 e. The fraction of sp³-hybridized carbons (Fsp3) is 0.462. The van der Waals surface area contributed by atoms with E-state index in [2.05, 4.69) is 10.6 Å². The molecule has 98 valence electrons. The second-order valence-electron chi connectivity index (χ2n) is 5.31. The number of benzene rings is 1. The van der Waals surface area contributed by atoms with Crippen LogP contribution in [0.25, 0.3) is 0 Å². The zero-order chi connectivity index (χ0) is 13.3. The summed E-state index contributed by atoms with van der Waals surface area (Å²) < 4.78 is 18.3. The number of hydrogen-bond donors (Lipinski definition) is 2. The van der Waals surface area contributed by atoms with Gasteiger partial charge in [-0.1, -0.05) is 0 Å². The number of ether oxygens (including phenoxy) is 1. The van der Waals surface area contributed by atoms with E-state index in [1.165, 1.54) is 12.1 Å². The molecule has 0 saturated carbocycles. The first-order valence-electron chi connectivity index (χ1n) is 5.88. The Hall–Kier alpha value is -1.78. The third kappa shape index (κ3) is 2.91. The molecular weight excluding hydrogens is 235 g/mol. The van der Waals surface area contributed by atoms with Gasteiger partial charge in [0.1, 0.15) is 11.4 Å². The first kappa shape index (κ1) is 12.7. The number of halogens is 1. The van der Waals surface area contributed by atoms with E-state index < -0.39 is 11.7 Å². The Bertz CT molecular complexity index is 469. The average Bonchev–Trinajstić information content (AvgIpc) is 2.58. The summed E-state index contributed by atoms with van der Waals surface area (Å²) in [5.41, 5.74) is 1.05.